The molecule has 0 aliphatic rings. The van der Waals surface area contributed by atoms with E-state index in [0.29, 0.717) is 23.7 Å². The van der Waals surface area contributed by atoms with E-state index >= 15 is 0 Å². The monoisotopic (exact) mass is 353 g/mol. The highest BCUT2D eigenvalue weighted by molar-refractivity contribution is 7.94. The summed E-state index contributed by atoms with van der Waals surface area (Å²) in [6.07, 6.45) is 0.601. The highest BCUT2D eigenvalue weighted by atomic mass is 32.2. The molecule has 3 aromatic rings. The van der Waals surface area contributed by atoms with Crippen LogP contribution >= 0.6 is 11.3 Å². The quantitative estimate of drug-likeness (QED) is 0.761. The van der Waals surface area contributed by atoms with E-state index in [0.717, 1.165) is 17.4 Å². The standard InChI is InChI=1S/C14H12FN3O3S2/c1-2-12-16-14(17-21-12)9-6-13(22-8-9)23(19,20)18-11-5-3-4-10(15)7-11/h3-8,18H,2H2,1H3. The van der Waals surface area contributed by atoms with Crippen LogP contribution in [-0.2, 0) is 16.4 Å². The molecule has 0 saturated carbocycles. The van der Waals surface area contributed by atoms with Gasteiger partial charge in [-0.15, -0.1) is 11.3 Å². The van der Waals surface area contributed by atoms with E-state index in [1.807, 2.05) is 6.92 Å². The van der Waals surface area contributed by atoms with Crippen molar-refractivity contribution in [3.8, 4) is 11.4 Å². The smallest absolute Gasteiger partial charge is 0.271 e. The van der Waals surface area contributed by atoms with Gasteiger partial charge in [0.05, 0.1) is 5.69 Å². The summed E-state index contributed by atoms with van der Waals surface area (Å²) in [5, 5.41) is 5.43. The number of halogens is 1. The van der Waals surface area contributed by atoms with Gasteiger partial charge in [0.25, 0.3) is 10.0 Å². The molecule has 0 saturated heterocycles. The van der Waals surface area contributed by atoms with Crippen LogP contribution in [0.1, 0.15) is 12.8 Å². The van der Waals surface area contributed by atoms with E-state index in [1.54, 1.807) is 5.38 Å². The Bertz CT molecular complexity index is 934. The number of hydrogen-bond donors (Lipinski definition) is 1. The van der Waals surface area contributed by atoms with Crippen LogP contribution in [0.5, 0.6) is 0 Å². The van der Waals surface area contributed by atoms with E-state index in [2.05, 4.69) is 14.9 Å². The predicted octanol–water partition coefficient (Wildman–Crippen LogP) is 3.30. The molecule has 0 atom stereocenters. The summed E-state index contributed by atoms with van der Waals surface area (Å²) < 4.78 is 45.2. The Labute approximate surface area is 136 Å². The Morgan fingerprint density at radius 1 is 1.35 bits per heavy atom. The van der Waals surface area contributed by atoms with Crippen LogP contribution in [0.4, 0.5) is 10.1 Å². The summed E-state index contributed by atoms with van der Waals surface area (Å²) in [7, 11) is -3.80. The molecule has 6 nitrogen and oxygen atoms in total. The molecule has 0 aliphatic heterocycles. The van der Waals surface area contributed by atoms with Gasteiger partial charge in [0.1, 0.15) is 10.0 Å². The minimum Gasteiger partial charge on any atom is -0.339 e. The van der Waals surface area contributed by atoms with Gasteiger partial charge < -0.3 is 4.52 Å². The fraction of sp³-hybridized carbons (Fsp3) is 0.143. The SMILES string of the molecule is CCc1nc(-c2csc(S(=O)(=O)Nc3cccc(F)c3)c2)no1. The molecule has 2 heterocycles. The van der Waals surface area contributed by atoms with Crippen molar-refractivity contribution in [3.63, 3.8) is 0 Å². The highest BCUT2D eigenvalue weighted by Crippen LogP contribution is 2.28. The van der Waals surface area contributed by atoms with Gasteiger partial charge in [-0.2, -0.15) is 4.98 Å². The number of hydrogen-bond acceptors (Lipinski definition) is 6. The summed E-state index contributed by atoms with van der Waals surface area (Å²) in [6.45, 7) is 1.88. The second-order valence-electron chi connectivity index (χ2n) is 4.64. The maximum absolute atomic E-state index is 13.1. The lowest BCUT2D eigenvalue weighted by Gasteiger charge is -2.05. The number of sulfonamides is 1. The number of thiophene rings is 1. The molecule has 0 amide bonds. The number of nitrogens with zero attached hydrogens (tertiary/aromatic N) is 2. The summed E-state index contributed by atoms with van der Waals surface area (Å²) in [5.41, 5.74) is 0.714. The van der Waals surface area contributed by atoms with Crippen molar-refractivity contribution >= 4 is 27.0 Å². The predicted molar refractivity (Wildman–Crippen MR) is 84.2 cm³/mol. The van der Waals surface area contributed by atoms with E-state index in [4.69, 9.17) is 4.52 Å². The third-order valence-electron chi connectivity index (χ3n) is 2.95. The Morgan fingerprint density at radius 3 is 2.87 bits per heavy atom. The highest BCUT2D eigenvalue weighted by Gasteiger charge is 2.19. The number of aromatic nitrogens is 2. The third-order valence-corrected chi connectivity index (χ3v) is 5.77. The maximum Gasteiger partial charge on any atom is 0.271 e. The zero-order chi connectivity index (χ0) is 16.4. The topological polar surface area (TPSA) is 85.1 Å². The summed E-state index contributed by atoms with van der Waals surface area (Å²) in [5.74, 6) is 0.301. The number of benzene rings is 1. The van der Waals surface area contributed by atoms with E-state index < -0.39 is 15.8 Å². The average molecular weight is 353 g/mol. The van der Waals surface area contributed by atoms with Crippen LogP contribution in [0.25, 0.3) is 11.4 Å². The van der Waals surface area contributed by atoms with Gasteiger partial charge in [0.15, 0.2) is 0 Å². The fourth-order valence-electron chi connectivity index (χ4n) is 1.85. The van der Waals surface area contributed by atoms with Crippen LogP contribution in [0.3, 0.4) is 0 Å². The Hall–Kier alpha value is -2.26. The van der Waals surface area contributed by atoms with Crippen molar-refractivity contribution < 1.29 is 17.3 Å². The largest absolute Gasteiger partial charge is 0.339 e. The van der Waals surface area contributed by atoms with E-state index in [9.17, 15) is 12.8 Å². The van der Waals surface area contributed by atoms with Gasteiger partial charge in [-0.3, -0.25) is 4.72 Å². The number of anilines is 1. The van der Waals surface area contributed by atoms with Crippen LogP contribution in [0.15, 0.2) is 44.4 Å². The van der Waals surface area contributed by atoms with Crippen LogP contribution in [0, 0.1) is 5.82 Å². The summed E-state index contributed by atoms with van der Waals surface area (Å²) in [4.78, 5) is 4.15. The van der Waals surface area contributed by atoms with Crippen LogP contribution in [-0.4, -0.2) is 18.6 Å². The van der Waals surface area contributed by atoms with Gasteiger partial charge in [-0.1, -0.05) is 18.1 Å². The molecule has 1 aromatic carbocycles. The molecule has 9 heteroatoms. The Balaban J connectivity index is 1.86. The average Bonchev–Trinajstić information content (AvgIpc) is 3.16. The zero-order valence-electron chi connectivity index (χ0n) is 12.0. The Kier molecular flexibility index (Phi) is 4.14. The third kappa shape index (κ3) is 3.40. The first-order valence-electron chi connectivity index (χ1n) is 6.68. The molecule has 0 aliphatic carbocycles. The van der Waals surface area contributed by atoms with Crippen molar-refractivity contribution in [2.75, 3.05) is 4.72 Å². The number of nitrogens with one attached hydrogen (secondary N) is 1. The van der Waals surface area contributed by atoms with Crippen molar-refractivity contribution in [1.82, 2.24) is 10.1 Å². The summed E-state index contributed by atoms with van der Waals surface area (Å²) >= 11 is 1.03. The zero-order valence-corrected chi connectivity index (χ0v) is 13.6. The molecule has 120 valence electrons. The van der Waals surface area contributed by atoms with Crippen molar-refractivity contribution in [1.29, 1.82) is 0 Å². The molecular weight excluding hydrogens is 341 g/mol. The molecule has 23 heavy (non-hydrogen) atoms. The molecule has 1 N–H and O–H groups in total. The molecule has 0 unspecified atom stereocenters. The lowest BCUT2D eigenvalue weighted by Crippen LogP contribution is -2.11. The Morgan fingerprint density at radius 2 is 2.17 bits per heavy atom. The first kappa shape index (κ1) is 15.6. The second kappa shape index (κ2) is 6.09. The maximum atomic E-state index is 13.1. The summed E-state index contributed by atoms with van der Waals surface area (Å²) in [6, 6.07) is 6.71. The van der Waals surface area contributed by atoms with Crippen molar-refractivity contribution in [2.45, 2.75) is 17.6 Å². The second-order valence-corrected chi connectivity index (χ2v) is 7.46. The lowest BCUT2D eigenvalue weighted by atomic mass is 10.3. The van der Waals surface area contributed by atoms with Crippen LogP contribution in [0.2, 0.25) is 0 Å². The number of rotatable bonds is 5. The van der Waals surface area contributed by atoms with E-state index in [-0.39, 0.29) is 9.90 Å². The first-order valence-corrected chi connectivity index (χ1v) is 9.04. The molecular formula is C14H12FN3O3S2. The molecule has 2 aromatic heterocycles. The molecule has 0 bridgehead atoms. The van der Waals surface area contributed by atoms with Gasteiger partial charge >= 0.3 is 0 Å². The minimum absolute atomic E-state index is 0.0830. The molecule has 3 rings (SSSR count). The van der Waals surface area contributed by atoms with Crippen molar-refractivity contribution in [2.24, 2.45) is 0 Å². The first-order chi connectivity index (χ1) is 11.0. The fourth-order valence-corrected chi connectivity index (χ4v) is 4.06. The van der Waals surface area contributed by atoms with Crippen molar-refractivity contribution in [3.05, 3.63) is 47.4 Å². The van der Waals surface area contributed by atoms with E-state index in [1.165, 1.54) is 24.3 Å². The molecule has 0 radical (unpaired) electrons. The van der Waals surface area contributed by atoms with Gasteiger partial charge in [0, 0.05) is 17.4 Å². The molecule has 0 fully saturated rings. The van der Waals surface area contributed by atoms with Gasteiger partial charge in [0.2, 0.25) is 11.7 Å². The normalized spacial score (nSPS) is 11.6. The van der Waals surface area contributed by atoms with Crippen LogP contribution < -0.4 is 4.72 Å². The number of aryl methyl sites for hydroxylation is 1. The van der Waals surface area contributed by atoms with Gasteiger partial charge in [-0.25, -0.2) is 12.8 Å². The molecule has 0 spiro atoms. The minimum atomic E-state index is -3.80. The lowest BCUT2D eigenvalue weighted by molar-refractivity contribution is 0.383. The van der Waals surface area contributed by atoms with Gasteiger partial charge in [-0.05, 0) is 24.3 Å².